The van der Waals surface area contributed by atoms with E-state index in [9.17, 15) is 32.5 Å². The van der Waals surface area contributed by atoms with E-state index in [2.05, 4.69) is 30.9 Å². The summed E-state index contributed by atoms with van der Waals surface area (Å²) in [6.45, 7) is 1.91. The van der Waals surface area contributed by atoms with Crippen molar-refractivity contribution in [2.45, 2.75) is 44.6 Å². The molecule has 0 aliphatic carbocycles. The quantitative estimate of drug-likeness (QED) is 0.0880. The molecule has 2 unspecified atom stereocenters. The minimum Gasteiger partial charge on any atom is -0.478 e. The maximum Gasteiger partial charge on any atom is 0.362 e. The van der Waals surface area contributed by atoms with E-state index in [0.717, 1.165) is 16.1 Å². The highest BCUT2D eigenvalue weighted by Gasteiger charge is 2.54. The molecule has 0 bridgehead atoms. The van der Waals surface area contributed by atoms with Gasteiger partial charge in [0.05, 0.1) is 13.1 Å². The van der Waals surface area contributed by atoms with Crippen LogP contribution in [0.3, 0.4) is 0 Å². The zero-order chi connectivity index (χ0) is 26.1. The van der Waals surface area contributed by atoms with E-state index < -0.39 is 51.5 Å². The van der Waals surface area contributed by atoms with Crippen molar-refractivity contribution in [3.05, 3.63) is 16.9 Å². The number of oxime groups is 1. The van der Waals surface area contributed by atoms with Gasteiger partial charge >= 0.3 is 16.3 Å². The Hall–Kier alpha value is -3.75. The molecule has 1 fully saturated rings. The van der Waals surface area contributed by atoms with Crippen molar-refractivity contribution >= 4 is 50.3 Å². The molecule has 2 atom stereocenters. The molecule has 1 aliphatic heterocycles. The second-order valence-electron chi connectivity index (χ2n) is 7.51. The molecule has 20 heteroatoms. The van der Waals surface area contributed by atoms with Crippen LogP contribution < -0.4 is 16.8 Å². The third-order valence-corrected chi connectivity index (χ3v) is 6.21. The zero-order valence-electron chi connectivity index (χ0n) is 18.1. The van der Waals surface area contributed by atoms with Gasteiger partial charge in [-0.15, -0.1) is 21.5 Å². The molecule has 0 aromatic carbocycles. The summed E-state index contributed by atoms with van der Waals surface area (Å²) < 4.78 is 33.0. The van der Waals surface area contributed by atoms with Crippen LogP contribution in [0.15, 0.2) is 10.5 Å². The van der Waals surface area contributed by atoms with Crippen LogP contribution in [0, 0.1) is 0 Å². The normalized spacial score (nSPS) is 18.8. The van der Waals surface area contributed by atoms with Crippen LogP contribution in [0.2, 0.25) is 0 Å². The van der Waals surface area contributed by atoms with Gasteiger partial charge in [-0.05, 0) is 19.1 Å². The fraction of sp³-hybridized carbons (Fsp3) is 0.467. The first-order valence-electron chi connectivity index (χ1n) is 9.54. The molecule has 1 saturated heterocycles. The summed E-state index contributed by atoms with van der Waals surface area (Å²) in [7, 11) is -4.99. The second kappa shape index (κ2) is 9.48. The molecule has 3 heterocycles. The van der Waals surface area contributed by atoms with Crippen molar-refractivity contribution < 1.29 is 37.3 Å². The van der Waals surface area contributed by atoms with Gasteiger partial charge < -0.3 is 26.7 Å². The van der Waals surface area contributed by atoms with Crippen LogP contribution in [-0.4, -0.2) is 88.8 Å². The highest BCUT2D eigenvalue weighted by atomic mass is 32.2. The third kappa shape index (κ3) is 5.50. The molecular formula is C15H20N10O8S2. The summed E-state index contributed by atoms with van der Waals surface area (Å²) in [5.41, 5.74) is 8.55. The molecule has 7 N–H and O–H groups in total. The first-order valence-corrected chi connectivity index (χ1v) is 11.8. The van der Waals surface area contributed by atoms with Crippen LogP contribution in [0.1, 0.15) is 25.4 Å². The number of amides is 2. The lowest BCUT2D eigenvalue weighted by Gasteiger charge is -2.43. The van der Waals surface area contributed by atoms with Crippen LogP contribution in [0.25, 0.3) is 0 Å². The Balaban J connectivity index is 1.89. The lowest BCUT2D eigenvalue weighted by atomic mass is 9.98. The summed E-state index contributed by atoms with van der Waals surface area (Å²) in [5, 5.41) is 27.6. The topological polar surface area (TPSA) is 271 Å². The number of carbonyl (C=O) groups excluding carboxylic acids is 2. The first-order chi connectivity index (χ1) is 16.2. The number of nitrogens with zero attached hydrogens (tertiary/aromatic N) is 7. The number of aliphatic carboxylic acids is 1. The number of nitrogens with two attached hydrogens (primary N) is 2. The van der Waals surface area contributed by atoms with Gasteiger partial charge in [0.2, 0.25) is 5.60 Å². The summed E-state index contributed by atoms with van der Waals surface area (Å²) >= 11 is 0.949. The Bertz CT molecular complexity index is 1290. The van der Waals surface area contributed by atoms with Crippen LogP contribution >= 0.6 is 11.3 Å². The average molecular weight is 533 g/mol. The third-order valence-electron chi connectivity index (χ3n) is 4.59. The number of carboxylic acid groups (broad SMARTS) is 1. The van der Waals surface area contributed by atoms with Crippen LogP contribution in [0.4, 0.5) is 5.13 Å². The lowest BCUT2D eigenvalue weighted by Crippen LogP contribution is -2.73. The number of carboxylic acids is 1. The Morgan fingerprint density at radius 1 is 1.40 bits per heavy atom. The van der Waals surface area contributed by atoms with Crippen molar-refractivity contribution in [3.8, 4) is 0 Å². The highest BCUT2D eigenvalue weighted by Crippen LogP contribution is 2.25. The van der Waals surface area contributed by atoms with E-state index in [1.165, 1.54) is 19.2 Å². The van der Waals surface area contributed by atoms with Crippen LogP contribution in [0.5, 0.6) is 0 Å². The smallest absolute Gasteiger partial charge is 0.362 e. The maximum absolute atomic E-state index is 13.0. The number of nitrogens with one attached hydrogen (secondary N) is 1. The summed E-state index contributed by atoms with van der Waals surface area (Å²) in [5.74, 6) is -3.48. The highest BCUT2D eigenvalue weighted by molar-refractivity contribution is 7.84. The van der Waals surface area contributed by atoms with Gasteiger partial charge in [-0.25, -0.2) is 14.1 Å². The second-order valence-corrected chi connectivity index (χ2v) is 9.69. The Labute approximate surface area is 200 Å². The molecule has 2 amide bonds. The molecular weight excluding hydrogens is 512 g/mol. The molecule has 35 heavy (non-hydrogen) atoms. The number of hydrogen-bond acceptors (Lipinski definition) is 14. The minimum absolute atomic E-state index is 0.0566. The maximum atomic E-state index is 13.0. The van der Waals surface area contributed by atoms with Gasteiger partial charge in [-0.3, -0.25) is 14.1 Å². The number of nitrogen functional groups attached to an aromatic ring is 1. The molecule has 0 spiro atoms. The number of anilines is 1. The van der Waals surface area contributed by atoms with Gasteiger partial charge in [0, 0.05) is 5.38 Å². The summed E-state index contributed by atoms with van der Waals surface area (Å²) in [6.07, 6.45) is 0. The van der Waals surface area contributed by atoms with E-state index >= 15 is 0 Å². The van der Waals surface area contributed by atoms with Crippen molar-refractivity contribution in [2.24, 2.45) is 10.9 Å². The van der Waals surface area contributed by atoms with E-state index in [4.69, 9.17) is 16.3 Å². The van der Waals surface area contributed by atoms with E-state index in [1.807, 2.05) is 0 Å². The molecule has 2 aromatic rings. The van der Waals surface area contributed by atoms with E-state index in [-0.39, 0.29) is 34.0 Å². The Morgan fingerprint density at radius 3 is 2.60 bits per heavy atom. The molecule has 190 valence electrons. The molecule has 18 nitrogen and oxygen atoms in total. The summed E-state index contributed by atoms with van der Waals surface area (Å²) in [4.78, 5) is 46.6. The lowest BCUT2D eigenvalue weighted by molar-refractivity contribution is -0.161. The first kappa shape index (κ1) is 25.9. The Kier molecular flexibility index (Phi) is 7.01. The number of thiazole rings is 1. The van der Waals surface area contributed by atoms with Crippen LogP contribution in [-0.2, 0) is 42.6 Å². The van der Waals surface area contributed by atoms with Gasteiger partial charge in [-0.2, -0.15) is 13.2 Å². The van der Waals surface area contributed by atoms with Crippen molar-refractivity contribution in [2.75, 3.05) is 5.73 Å². The van der Waals surface area contributed by atoms with Gasteiger partial charge in [0.15, 0.2) is 16.7 Å². The molecule has 0 saturated carbocycles. The monoisotopic (exact) mass is 532 g/mol. The minimum atomic E-state index is -4.99. The Morgan fingerprint density at radius 2 is 2.09 bits per heavy atom. The predicted octanol–water partition coefficient (Wildman–Crippen LogP) is -3.05. The van der Waals surface area contributed by atoms with Crippen molar-refractivity contribution in [1.82, 2.24) is 34.8 Å². The zero-order valence-corrected chi connectivity index (χ0v) is 19.7. The fourth-order valence-electron chi connectivity index (χ4n) is 2.75. The van der Waals surface area contributed by atoms with E-state index in [1.54, 1.807) is 0 Å². The van der Waals surface area contributed by atoms with Gasteiger partial charge in [0.25, 0.3) is 11.8 Å². The van der Waals surface area contributed by atoms with Gasteiger partial charge in [-0.1, -0.05) is 5.16 Å². The standard InChI is InChI=1S/C15H20N10O8S2/c1-15(2,13(28)29)33-22-9(6-5-34-14(17)18-6)11(26)19-10-7(25(12(10)27)35(30,31)32)4-24-21-8(3-16)20-23-24/h5,7,10H,3-4,16H2,1-2H3,(H2,17,18)(H,19,26)(H,28,29)(H,30,31,32). The number of carbonyl (C=O) groups is 3. The SMILES string of the molecule is CC(C)(ON=C(C(=O)NC1C(=O)N(S(=O)(=O)O)C1Cn1nnc(CN)n1)c1csc(N)n1)C(=O)O. The average Bonchev–Trinajstić information content (AvgIpc) is 3.39. The molecule has 2 aromatic heterocycles. The number of rotatable bonds is 10. The number of hydrogen-bond donors (Lipinski definition) is 5. The summed E-state index contributed by atoms with van der Waals surface area (Å²) in [6, 6.07) is -2.83. The van der Waals surface area contributed by atoms with Crippen molar-refractivity contribution in [1.29, 1.82) is 0 Å². The molecule has 1 aliphatic rings. The molecule has 3 rings (SSSR count). The number of aromatic nitrogens is 5. The largest absolute Gasteiger partial charge is 0.478 e. The fourth-order valence-corrected chi connectivity index (χ4v) is 4.17. The predicted molar refractivity (Wildman–Crippen MR) is 116 cm³/mol. The van der Waals surface area contributed by atoms with E-state index in [0.29, 0.717) is 0 Å². The molecule has 0 radical (unpaired) electrons. The number of tetrazole rings is 1. The van der Waals surface area contributed by atoms with Gasteiger partial charge in [0.1, 0.15) is 17.8 Å². The van der Waals surface area contributed by atoms with Crippen molar-refractivity contribution in [3.63, 3.8) is 0 Å². The number of β-lactam (4-membered cyclic amide) rings is 1.